The molecule has 0 aromatic heterocycles. The lowest BCUT2D eigenvalue weighted by Gasteiger charge is -2.24. The van der Waals surface area contributed by atoms with Gasteiger partial charge in [0.15, 0.2) is 11.5 Å². The van der Waals surface area contributed by atoms with E-state index in [2.05, 4.69) is 5.32 Å². The molecule has 0 aliphatic carbocycles. The van der Waals surface area contributed by atoms with Gasteiger partial charge >= 0.3 is 18.1 Å². The van der Waals surface area contributed by atoms with Gasteiger partial charge in [-0.05, 0) is 53.9 Å². The van der Waals surface area contributed by atoms with Gasteiger partial charge in [0.1, 0.15) is 0 Å². The molecule has 6 nitrogen and oxygen atoms in total. The quantitative estimate of drug-likeness (QED) is 0.334. The van der Waals surface area contributed by atoms with Crippen LogP contribution in [0.5, 0.6) is 11.5 Å². The van der Waals surface area contributed by atoms with E-state index in [1.54, 1.807) is 18.2 Å². The highest BCUT2D eigenvalue weighted by molar-refractivity contribution is 6.31. The summed E-state index contributed by atoms with van der Waals surface area (Å²) in [6.45, 7) is 0. The van der Waals surface area contributed by atoms with E-state index in [0.717, 1.165) is 12.1 Å². The zero-order chi connectivity index (χ0) is 23.2. The number of anilines is 2. The molecular weight excluding hydrogens is 451 g/mol. The Hall–Kier alpha value is -3.72. The minimum Gasteiger partial charge on any atom is -0.478 e. The molecule has 32 heavy (non-hydrogen) atoms. The fraction of sp³-hybridized carbons (Fsp3) is 0.0909. The number of halogens is 4. The van der Waals surface area contributed by atoms with Crippen LogP contribution < -0.4 is 10.1 Å². The van der Waals surface area contributed by atoms with E-state index in [9.17, 15) is 33.0 Å². The van der Waals surface area contributed by atoms with Crippen LogP contribution >= 0.6 is 11.6 Å². The summed E-state index contributed by atoms with van der Waals surface area (Å²) in [6.07, 6.45) is -4.28. The maximum Gasteiger partial charge on any atom is 0.417 e. The van der Waals surface area contributed by atoms with Gasteiger partial charge in [-0.25, -0.2) is 9.59 Å². The lowest BCUT2D eigenvalue weighted by Crippen LogP contribution is -2.11. The Morgan fingerprint density at radius 3 is 2.25 bits per heavy atom. The van der Waals surface area contributed by atoms with Crippen molar-refractivity contribution in [1.29, 1.82) is 0 Å². The molecule has 0 saturated heterocycles. The van der Waals surface area contributed by atoms with Gasteiger partial charge in [-0.3, -0.25) is 0 Å². The summed E-state index contributed by atoms with van der Waals surface area (Å²) in [5, 5.41) is 21.2. The number of carboxylic acid groups (broad SMARTS) is 2. The SMILES string of the molecule is O=C(O)c1cc2c(c(C(=O)O)c1)Nc1ccc(Cc3ccc(C(F)(F)F)c(Cl)c3)cc1O2. The third-order valence-electron chi connectivity index (χ3n) is 4.85. The van der Waals surface area contributed by atoms with Gasteiger partial charge in [-0.15, -0.1) is 0 Å². The molecule has 0 saturated carbocycles. The van der Waals surface area contributed by atoms with Crippen LogP contribution in [0.3, 0.4) is 0 Å². The number of hydrogen-bond donors (Lipinski definition) is 3. The largest absolute Gasteiger partial charge is 0.478 e. The zero-order valence-electron chi connectivity index (χ0n) is 16.0. The predicted octanol–water partition coefficient (Wildman–Crippen LogP) is 6.20. The number of rotatable bonds is 4. The van der Waals surface area contributed by atoms with Crippen LogP contribution in [-0.4, -0.2) is 22.2 Å². The zero-order valence-corrected chi connectivity index (χ0v) is 16.7. The number of alkyl halides is 3. The second-order valence-electron chi connectivity index (χ2n) is 7.05. The van der Waals surface area contributed by atoms with E-state index >= 15 is 0 Å². The molecule has 3 aromatic carbocycles. The Balaban J connectivity index is 1.64. The molecule has 1 aliphatic rings. The van der Waals surface area contributed by atoms with Gasteiger partial charge in [0, 0.05) is 0 Å². The molecule has 164 valence electrons. The number of carbonyl (C=O) groups is 2. The fourth-order valence-electron chi connectivity index (χ4n) is 3.37. The average Bonchev–Trinajstić information content (AvgIpc) is 2.70. The molecular formula is C22H13ClF3NO5. The summed E-state index contributed by atoms with van der Waals surface area (Å²) in [6, 6.07) is 10.7. The summed E-state index contributed by atoms with van der Waals surface area (Å²) >= 11 is 5.78. The van der Waals surface area contributed by atoms with Gasteiger partial charge in [-0.1, -0.05) is 23.7 Å². The highest BCUT2D eigenvalue weighted by Crippen LogP contribution is 2.45. The van der Waals surface area contributed by atoms with Gasteiger partial charge < -0.3 is 20.3 Å². The Kier molecular flexibility index (Phi) is 5.21. The number of fused-ring (bicyclic) bond motifs is 2. The van der Waals surface area contributed by atoms with Gasteiger partial charge in [0.25, 0.3) is 0 Å². The van der Waals surface area contributed by atoms with Crippen LogP contribution in [-0.2, 0) is 12.6 Å². The highest BCUT2D eigenvalue weighted by atomic mass is 35.5. The first kappa shape index (κ1) is 21.5. The minimum absolute atomic E-state index is 0.0320. The van der Waals surface area contributed by atoms with E-state index in [0.29, 0.717) is 22.6 Å². The topological polar surface area (TPSA) is 95.9 Å². The molecule has 3 aromatic rings. The van der Waals surface area contributed by atoms with Crippen molar-refractivity contribution in [1.82, 2.24) is 0 Å². The van der Waals surface area contributed by atoms with Crippen LogP contribution in [0.2, 0.25) is 5.02 Å². The van der Waals surface area contributed by atoms with Crippen molar-refractivity contribution in [2.24, 2.45) is 0 Å². The Labute approximate surface area is 183 Å². The van der Waals surface area contributed by atoms with Crippen molar-refractivity contribution in [3.8, 4) is 11.5 Å². The smallest absolute Gasteiger partial charge is 0.417 e. The summed E-state index contributed by atoms with van der Waals surface area (Å²) in [5.74, 6) is -2.28. The van der Waals surface area contributed by atoms with Crippen LogP contribution in [0.15, 0.2) is 48.5 Å². The molecule has 4 rings (SSSR count). The second-order valence-corrected chi connectivity index (χ2v) is 7.46. The van der Waals surface area contributed by atoms with Crippen molar-refractivity contribution in [3.05, 3.63) is 81.4 Å². The first-order valence-electron chi connectivity index (χ1n) is 9.11. The Morgan fingerprint density at radius 1 is 0.938 bits per heavy atom. The minimum atomic E-state index is -4.54. The molecule has 0 bridgehead atoms. The number of hydrogen-bond acceptors (Lipinski definition) is 4. The normalized spacial score (nSPS) is 12.2. The molecule has 0 unspecified atom stereocenters. The summed E-state index contributed by atoms with van der Waals surface area (Å²) in [7, 11) is 0. The van der Waals surface area contributed by atoms with Crippen molar-refractivity contribution in [2.75, 3.05) is 5.32 Å². The van der Waals surface area contributed by atoms with Crippen molar-refractivity contribution in [2.45, 2.75) is 12.6 Å². The van der Waals surface area contributed by atoms with E-state index in [4.69, 9.17) is 16.3 Å². The van der Waals surface area contributed by atoms with E-state index in [-0.39, 0.29) is 29.0 Å². The Morgan fingerprint density at radius 2 is 1.62 bits per heavy atom. The molecule has 1 aliphatic heterocycles. The Bertz CT molecular complexity index is 1270. The molecule has 0 fully saturated rings. The fourth-order valence-corrected chi connectivity index (χ4v) is 3.68. The van der Waals surface area contributed by atoms with Crippen molar-refractivity contribution >= 4 is 34.9 Å². The van der Waals surface area contributed by atoms with E-state index in [1.165, 1.54) is 18.2 Å². The number of nitrogens with one attached hydrogen (secondary N) is 1. The number of ether oxygens (including phenoxy) is 1. The lowest BCUT2D eigenvalue weighted by molar-refractivity contribution is -0.137. The van der Waals surface area contributed by atoms with Crippen molar-refractivity contribution in [3.63, 3.8) is 0 Å². The summed E-state index contributed by atoms with van der Waals surface area (Å²) in [4.78, 5) is 22.9. The van der Waals surface area contributed by atoms with Crippen molar-refractivity contribution < 1.29 is 37.7 Å². The summed E-state index contributed by atoms with van der Waals surface area (Å²) < 4.78 is 44.4. The molecule has 0 amide bonds. The van der Waals surface area contributed by atoms with E-state index < -0.39 is 28.7 Å². The summed E-state index contributed by atoms with van der Waals surface area (Å²) in [5.41, 5.74) is 0.401. The first-order chi connectivity index (χ1) is 15.0. The molecule has 10 heteroatoms. The number of carboxylic acids is 2. The van der Waals surface area contributed by atoms with Gasteiger partial charge in [-0.2, -0.15) is 13.2 Å². The third kappa shape index (κ3) is 4.06. The van der Waals surface area contributed by atoms with Crippen LogP contribution in [0, 0.1) is 0 Å². The standard InChI is InChI=1S/C22H13ClF3NO5/c23-15-6-10(1-3-14(15)22(24,25)26)5-11-2-4-16-17(7-11)32-18-9-12(20(28)29)8-13(21(30)31)19(18)27-16/h1-4,6-9,27H,5H2,(H,28,29)(H,30,31). The second kappa shape index (κ2) is 7.76. The highest BCUT2D eigenvalue weighted by Gasteiger charge is 2.33. The maximum atomic E-state index is 12.9. The molecule has 0 spiro atoms. The lowest BCUT2D eigenvalue weighted by atomic mass is 10.0. The molecule has 1 heterocycles. The maximum absolute atomic E-state index is 12.9. The van der Waals surface area contributed by atoms with E-state index in [1.807, 2.05) is 0 Å². The molecule has 0 radical (unpaired) electrons. The monoisotopic (exact) mass is 463 g/mol. The van der Waals surface area contributed by atoms with Crippen LogP contribution in [0.4, 0.5) is 24.5 Å². The van der Waals surface area contributed by atoms with Gasteiger partial charge in [0.2, 0.25) is 0 Å². The predicted molar refractivity (Wildman–Crippen MR) is 109 cm³/mol. The first-order valence-corrected chi connectivity index (χ1v) is 9.49. The number of benzene rings is 3. The molecule has 3 N–H and O–H groups in total. The average molecular weight is 464 g/mol. The van der Waals surface area contributed by atoms with Crippen LogP contribution in [0.1, 0.15) is 37.4 Å². The third-order valence-corrected chi connectivity index (χ3v) is 5.16. The van der Waals surface area contributed by atoms with Gasteiger partial charge in [0.05, 0.1) is 33.1 Å². The van der Waals surface area contributed by atoms with Crippen LogP contribution in [0.25, 0.3) is 0 Å². The molecule has 0 atom stereocenters. The number of aromatic carboxylic acids is 2.